The molecule has 0 saturated carbocycles. The van der Waals surface area contributed by atoms with Crippen molar-refractivity contribution < 1.29 is 14.0 Å². The van der Waals surface area contributed by atoms with Crippen molar-refractivity contribution in [1.82, 2.24) is 9.88 Å². The SMILES string of the molecule is Cc1nc(CCC(=O)N(CCC(N)=O)Cc2ccccc2)oc1-c1ccccc1. The molecule has 0 aliphatic carbocycles. The highest BCUT2D eigenvalue weighted by Gasteiger charge is 2.17. The van der Waals surface area contributed by atoms with Crippen molar-refractivity contribution in [2.24, 2.45) is 5.73 Å². The van der Waals surface area contributed by atoms with Crippen molar-refractivity contribution >= 4 is 11.8 Å². The van der Waals surface area contributed by atoms with Crippen LogP contribution < -0.4 is 5.73 Å². The molecule has 6 nitrogen and oxygen atoms in total. The monoisotopic (exact) mass is 391 g/mol. The van der Waals surface area contributed by atoms with Crippen LogP contribution in [0, 0.1) is 6.92 Å². The van der Waals surface area contributed by atoms with Gasteiger partial charge in [0, 0.05) is 37.9 Å². The number of carbonyl (C=O) groups is 2. The van der Waals surface area contributed by atoms with E-state index in [0.717, 1.165) is 22.6 Å². The molecule has 0 radical (unpaired) electrons. The normalized spacial score (nSPS) is 10.7. The fourth-order valence-corrected chi connectivity index (χ4v) is 3.13. The molecular weight excluding hydrogens is 366 g/mol. The zero-order valence-corrected chi connectivity index (χ0v) is 16.5. The Kier molecular flexibility index (Phi) is 6.79. The molecule has 2 amide bonds. The van der Waals surface area contributed by atoms with Crippen LogP contribution in [0.5, 0.6) is 0 Å². The predicted molar refractivity (Wildman–Crippen MR) is 111 cm³/mol. The topological polar surface area (TPSA) is 89.4 Å². The van der Waals surface area contributed by atoms with E-state index >= 15 is 0 Å². The molecule has 3 rings (SSSR count). The van der Waals surface area contributed by atoms with Gasteiger partial charge in [0.2, 0.25) is 11.8 Å². The number of aromatic nitrogens is 1. The fourth-order valence-electron chi connectivity index (χ4n) is 3.13. The molecule has 29 heavy (non-hydrogen) atoms. The van der Waals surface area contributed by atoms with Crippen LogP contribution in [0.25, 0.3) is 11.3 Å². The minimum absolute atomic E-state index is 0.0628. The third kappa shape index (κ3) is 5.78. The third-order valence-corrected chi connectivity index (χ3v) is 4.63. The van der Waals surface area contributed by atoms with Gasteiger partial charge in [0.15, 0.2) is 11.7 Å². The van der Waals surface area contributed by atoms with E-state index in [1.54, 1.807) is 4.90 Å². The van der Waals surface area contributed by atoms with Gasteiger partial charge in [0.1, 0.15) is 0 Å². The van der Waals surface area contributed by atoms with Crippen LogP contribution in [0.15, 0.2) is 65.1 Å². The molecular formula is C23H25N3O3. The maximum atomic E-state index is 12.8. The van der Waals surface area contributed by atoms with E-state index in [1.165, 1.54) is 0 Å². The molecule has 0 atom stereocenters. The lowest BCUT2D eigenvalue weighted by molar-refractivity contribution is -0.132. The Bertz CT molecular complexity index is 952. The van der Waals surface area contributed by atoms with Crippen molar-refractivity contribution in [3.8, 4) is 11.3 Å². The Morgan fingerprint density at radius 1 is 1.00 bits per heavy atom. The van der Waals surface area contributed by atoms with Crippen LogP contribution >= 0.6 is 0 Å². The van der Waals surface area contributed by atoms with Gasteiger partial charge < -0.3 is 15.1 Å². The Morgan fingerprint density at radius 2 is 1.66 bits per heavy atom. The van der Waals surface area contributed by atoms with Gasteiger partial charge in [-0.05, 0) is 12.5 Å². The Labute approximate surface area is 170 Å². The second-order valence-electron chi connectivity index (χ2n) is 6.91. The summed E-state index contributed by atoms with van der Waals surface area (Å²) < 4.78 is 5.89. The minimum atomic E-state index is -0.424. The molecule has 0 bridgehead atoms. The second kappa shape index (κ2) is 9.68. The number of carbonyl (C=O) groups excluding carboxylic acids is 2. The second-order valence-corrected chi connectivity index (χ2v) is 6.91. The van der Waals surface area contributed by atoms with Gasteiger partial charge in [0.05, 0.1) is 5.69 Å². The van der Waals surface area contributed by atoms with Crippen LogP contribution in [0.4, 0.5) is 0 Å². The molecule has 0 unspecified atom stereocenters. The van der Waals surface area contributed by atoms with Crippen LogP contribution in [0.3, 0.4) is 0 Å². The summed E-state index contributed by atoms with van der Waals surface area (Å²) in [6.45, 7) is 2.63. The summed E-state index contributed by atoms with van der Waals surface area (Å²) in [5.41, 5.74) is 8.04. The van der Waals surface area contributed by atoms with Crippen LogP contribution in [-0.2, 0) is 22.6 Å². The zero-order valence-electron chi connectivity index (χ0n) is 16.5. The fraction of sp³-hybridized carbons (Fsp3) is 0.261. The molecule has 0 spiro atoms. The van der Waals surface area contributed by atoms with Crippen LogP contribution in [0.2, 0.25) is 0 Å². The number of amides is 2. The van der Waals surface area contributed by atoms with Gasteiger partial charge in [-0.15, -0.1) is 0 Å². The molecule has 3 aromatic rings. The summed E-state index contributed by atoms with van der Waals surface area (Å²) in [7, 11) is 0. The maximum Gasteiger partial charge on any atom is 0.223 e. The van der Waals surface area contributed by atoms with Crippen molar-refractivity contribution in [3.05, 3.63) is 77.8 Å². The first-order valence-electron chi connectivity index (χ1n) is 9.64. The number of hydrogen-bond donors (Lipinski definition) is 1. The smallest absolute Gasteiger partial charge is 0.223 e. The first kappa shape index (κ1) is 20.3. The van der Waals surface area contributed by atoms with Gasteiger partial charge in [-0.25, -0.2) is 4.98 Å². The minimum Gasteiger partial charge on any atom is -0.440 e. The lowest BCUT2D eigenvalue weighted by Crippen LogP contribution is -2.33. The average molecular weight is 391 g/mol. The molecule has 0 saturated heterocycles. The first-order valence-corrected chi connectivity index (χ1v) is 9.64. The van der Waals surface area contributed by atoms with E-state index in [0.29, 0.717) is 25.4 Å². The van der Waals surface area contributed by atoms with E-state index in [4.69, 9.17) is 10.2 Å². The third-order valence-electron chi connectivity index (χ3n) is 4.63. The number of rotatable bonds is 9. The van der Waals surface area contributed by atoms with E-state index in [2.05, 4.69) is 4.98 Å². The number of nitrogens with two attached hydrogens (primary N) is 1. The predicted octanol–water partition coefficient (Wildman–Crippen LogP) is 3.49. The highest BCUT2D eigenvalue weighted by Crippen LogP contribution is 2.24. The number of hydrogen-bond acceptors (Lipinski definition) is 4. The van der Waals surface area contributed by atoms with Crippen molar-refractivity contribution in [2.45, 2.75) is 32.7 Å². The van der Waals surface area contributed by atoms with E-state index < -0.39 is 5.91 Å². The van der Waals surface area contributed by atoms with E-state index in [1.807, 2.05) is 67.6 Å². The lowest BCUT2D eigenvalue weighted by atomic mass is 10.1. The molecule has 2 N–H and O–H groups in total. The molecule has 150 valence electrons. The molecule has 0 aliphatic heterocycles. The summed E-state index contributed by atoms with van der Waals surface area (Å²) in [5, 5.41) is 0. The van der Waals surface area contributed by atoms with Gasteiger partial charge in [-0.2, -0.15) is 0 Å². The van der Waals surface area contributed by atoms with Gasteiger partial charge >= 0.3 is 0 Å². The Hall–Kier alpha value is -3.41. The molecule has 0 fully saturated rings. The van der Waals surface area contributed by atoms with Gasteiger partial charge in [0.25, 0.3) is 0 Å². The van der Waals surface area contributed by atoms with Gasteiger partial charge in [-0.1, -0.05) is 60.7 Å². The van der Waals surface area contributed by atoms with Crippen molar-refractivity contribution in [1.29, 1.82) is 0 Å². The number of nitrogens with zero attached hydrogens (tertiary/aromatic N) is 2. The number of benzene rings is 2. The first-order chi connectivity index (χ1) is 14.0. The maximum absolute atomic E-state index is 12.8. The van der Waals surface area contributed by atoms with Crippen molar-refractivity contribution in [2.75, 3.05) is 6.54 Å². The molecule has 1 aromatic heterocycles. The van der Waals surface area contributed by atoms with Crippen LogP contribution in [0.1, 0.15) is 30.0 Å². The number of aryl methyl sites for hydroxylation is 2. The average Bonchev–Trinajstić information content (AvgIpc) is 3.11. The summed E-state index contributed by atoms with van der Waals surface area (Å²) in [5.74, 6) is 0.770. The summed E-state index contributed by atoms with van der Waals surface area (Å²) in [6, 6.07) is 19.4. The Morgan fingerprint density at radius 3 is 2.31 bits per heavy atom. The molecule has 6 heteroatoms. The standard InChI is InChI=1S/C23H25N3O3/c1-17-23(19-10-6-3-7-11-19)29-21(25-17)12-13-22(28)26(15-14-20(24)27)16-18-8-4-2-5-9-18/h2-11H,12-16H2,1H3,(H2,24,27). The number of oxazole rings is 1. The lowest BCUT2D eigenvalue weighted by Gasteiger charge is -2.22. The van der Waals surface area contributed by atoms with E-state index in [9.17, 15) is 9.59 Å². The summed E-state index contributed by atoms with van der Waals surface area (Å²) in [6.07, 6.45) is 0.781. The molecule has 1 heterocycles. The van der Waals surface area contributed by atoms with E-state index in [-0.39, 0.29) is 18.7 Å². The summed E-state index contributed by atoms with van der Waals surface area (Å²) in [4.78, 5) is 30.1. The summed E-state index contributed by atoms with van der Waals surface area (Å²) >= 11 is 0. The molecule has 2 aromatic carbocycles. The number of primary amides is 1. The van der Waals surface area contributed by atoms with Crippen molar-refractivity contribution in [3.63, 3.8) is 0 Å². The zero-order chi connectivity index (χ0) is 20.6. The highest BCUT2D eigenvalue weighted by atomic mass is 16.4. The van der Waals surface area contributed by atoms with Crippen LogP contribution in [-0.4, -0.2) is 28.2 Å². The highest BCUT2D eigenvalue weighted by molar-refractivity contribution is 5.78. The van der Waals surface area contributed by atoms with Gasteiger partial charge in [-0.3, -0.25) is 9.59 Å². The Balaban J connectivity index is 1.65. The quantitative estimate of drug-likeness (QED) is 0.605. The molecule has 0 aliphatic rings. The largest absolute Gasteiger partial charge is 0.440 e.